The van der Waals surface area contributed by atoms with Gasteiger partial charge < -0.3 is 15.0 Å². The molecule has 4 aromatic carbocycles. The molecule has 202 valence electrons. The average Bonchev–Trinajstić information content (AvgIpc) is 3.40. The molecule has 9 heteroatoms. The quantitative estimate of drug-likeness (QED) is 0.280. The highest BCUT2D eigenvalue weighted by Crippen LogP contribution is 2.26. The molecule has 0 radical (unpaired) electrons. The summed E-state index contributed by atoms with van der Waals surface area (Å²) in [6, 6.07) is 28.9. The molecule has 0 bridgehead atoms. The van der Waals surface area contributed by atoms with Gasteiger partial charge in [-0.15, -0.1) is 5.10 Å². The third kappa shape index (κ3) is 6.15. The van der Waals surface area contributed by atoms with Crippen LogP contribution in [-0.4, -0.2) is 38.8 Å². The number of nitrogens with one attached hydrogen (secondary N) is 1. The normalized spacial score (nSPS) is 11.7. The van der Waals surface area contributed by atoms with Crippen molar-refractivity contribution in [2.24, 2.45) is 0 Å². The molecule has 40 heavy (non-hydrogen) atoms. The zero-order valence-corrected chi connectivity index (χ0v) is 21.9. The topological polar surface area (TPSA) is 89.3 Å². The van der Waals surface area contributed by atoms with Crippen molar-refractivity contribution < 1.29 is 18.7 Å². The lowest BCUT2D eigenvalue weighted by Crippen LogP contribution is -2.44. The molecule has 0 fully saturated rings. The summed E-state index contributed by atoms with van der Waals surface area (Å²) in [7, 11) is 1.59. The number of hydrogen-bond donors (Lipinski definition) is 1. The Kier molecular flexibility index (Phi) is 8.10. The van der Waals surface area contributed by atoms with E-state index in [4.69, 9.17) is 4.74 Å². The Balaban J connectivity index is 1.49. The Labute approximate surface area is 231 Å². The van der Waals surface area contributed by atoms with E-state index in [1.165, 1.54) is 16.8 Å². The van der Waals surface area contributed by atoms with E-state index in [2.05, 4.69) is 15.6 Å². The summed E-state index contributed by atoms with van der Waals surface area (Å²) in [6.45, 7) is 0.241. The fraction of sp³-hybridized carbons (Fsp3) is 0.161. The predicted octanol–water partition coefficient (Wildman–Crippen LogP) is 4.67. The summed E-state index contributed by atoms with van der Waals surface area (Å²) in [5, 5.41) is 11.3. The number of aromatic nitrogens is 3. The number of hydrogen-bond acceptors (Lipinski definition) is 5. The number of ether oxygens (including phenoxy) is 1. The van der Waals surface area contributed by atoms with Gasteiger partial charge in [-0.25, -0.2) is 9.07 Å². The second kappa shape index (κ2) is 12.2. The van der Waals surface area contributed by atoms with E-state index in [1.807, 2.05) is 78.9 Å². The standard InChI is InChI=1S/C31H28FN5O3/c1-40-26-17-13-23(14-18-26)20-36(29(38)21-37-28-10-6-5-9-27(28)34-35-37)30(24-7-3-2-4-8-24)31(39)33-19-22-11-15-25(32)16-12-22/h2-18,30H,19-21H2,1H3,(H,33,39)/t30-/m0/s1. The van der Waals surface area contributed by atoms with Gasteiger partial charge in [0.2, 0.25) is 11.8 Å². The van der Waals surface area contributed by atoms with E-state index < -0.39 is 6.04 Å². The van der Waals surface area contributed by atoms with Crippen molar-refractivity contribution in [1.82, 2.24) is 25.2 Å². The van der Waals surface area contributed by atoms with Crippen LogP contribution >= 0.6 is 0 Å². The van der Waals surface area contributed by atoms with Crippen molar-refractivity contribution in [3.8, 4) is 5.75 Å². The molecule has 0 spiro atoms. The van der Waals surface area contributed by atoms with Crippen LogP contribution < -0.4 is 10.1 Å². The first kappa shape index (κ1) is 26.6. The summed E-state index contributed by atoms with van der Waals surface area (Å²) in [6.07, 6.45) is 0. The molecule has 5 rings (SSSR count). The molecule has 0 saturated heterocycles. The Bertz CT molecular complexity index is 1590. The molecule has 1 heterocycles. The highest BCUT2D eigenvalue weighted by atomic mass is 19.1. The number of halogens is 1. The van der Waals surface area contributed by atoms with Gasteiger partial charge in [0.05, 0.1) is 12.6 Å². The predicted molar refractivity (Wildman–Crippen MR) is 149 cm³/mol. The molecule has 0 unspecified atom stereocenters. The molecular formula is C31H28FN5O3. The van der Waals surface area contributed by atoms with Gasteiger partial charge in [-0.3, -0.25) is 9.59 Å². The second-order valence-electron chi connectivity index (χ2n) is 9.26. The number of benzene rings is 4. The van der Waals surface area contributed by atoms with E-state index in [0.717, 1.165) is 16.6 Å². The van der Waals surface area contributed by atoms with Crippen LogP contribution in [0.5, 0.6) is 5.75 Å². The molecule has 2 amide bonds. The fourth-order valence-corrected chi connectivity index (χ4v) is 4.50. The summed E-state index contributed by atoms with van der Waals surface area (Å²) < 4.78 is 20.2. The SMILES string of the molecule is COc1ccc(CN(C(=O)Cn2nnc3ccccc32)[C@H](C(=O)NCc2ccc(F)cc2)c2ccccc2)cc1. The molecule has 1 N–H and O–H groups in total. The number of amides is 2. The molecule has 0 saturated carbocycles. The molecule has 5 aromatic rings. The highest BCUT2D eigenvalue weighted by molar-refractivity contribution is 5.89. The van der Waals surface area contributed by atoms with Gasteiger partial charge in [-0.1, -0.05) is 71.9 Å². The molecular weight excluding hydrogens is 509 g/mol. The monoisotopic (exact) mass is 537 g/mol. The van der Waals surface area contributed by atoms with Crippen LogP contribution in [0.3, 0.4) is 0 Å². The maximum absolute atomic E-state index is 14.0. The first-order valence-electron chi connectivity index (χ1n) is 12.8. The van der Waals surface area contributed by atoms with E-state index in [-0.39, 0.29) is 37.3 Å². The van der Waals surface area contributed by atoms with E-state index in [1.54, 1.807) is 24.1 Å². The lowest BCUT2D eigenvalue weighted by molar-refractivity contribution is -0.142. The fourth-order valence-electron chi connectivity index (χ4n) is 4.50. The van der Waals surface area contributed by atoms with Crippen LogP contribution in [0.2, 0.25) is 0 Å². The maximum Gasteiger partial charge on any atom is 0.247 e. The first-order valence-corrected chi connectivity index (χ1v) is 12.8. The van der Waals surface area contributed by atoms with Crippen LogP contribution in [0, 0.1) is 5.82 Å². The Hall–Kier alpha value is -5.05. The highest BCUT2D eigenvalue weighted by Gasteiger charge is 2.32. The van der Waals surface area contributed by atoms with Crippen LogP contribution in [-0.2, 0) is 29.2 Å². The van der Waals surface area contributed by atoms with E-state index >= 15 is 0 Å². The summed E-state index contributed by atoms with van der Waals surface area (Å²) in [5.41, 5.74) is 3.61. The minimum absolute atomic E-state index is 0.106. The Morgan fingerprint density at radius 3 is 2.30 bits per heavy atom. The third-order valence-electron chi connectivity index (χ3n) is 6.59. The van der Waals surface area contributed by atoms with Gasteiger partial charge in [-0.2, -0.15) is 0 Å². The molecule has 0 aliphatic heterocycles. The number of nitrogens with zero attached hydrogens (tertiary/aromatic N) is 4. The molecule has 1 atom stereocenters. The van der Waals surface area contributed by atoms with Crippen LogP contribution in [0.4, 0.5) is 4.39 Å². The zero-order valence-electron chi connectivity index (χ0n) is 21.9. The zero-order chi connectivity index (χ0) is 27.9. The van der Waals surface area contributed by atoms with Crippen molar-refractivity contribution in [2.75, 3.05) is 7.11 Å². The number of carbonyl (C=O) groups excluding carboxylic acids is 2. The van der Waals surface area contributed by atoms with E-state index in [0.29, 0.717) is 16.8 Å². The van der Waals surface area contributed by atoms with Crippen molar-refractivity contribution >= 4 is 22.8 Å². The number of para-hydroxylation sites is 1. The number of fused-ring (bicyclic) bond motifs is 1. The Morgan fingerprint density at radius 1 is 0.900 bits per heavy atom. The first-order chi connectivity index (χ1) is 19.5. The minimum Gasteiger partial charge on any atom is -0.497 e. The lowest BCUT2D eigenvalue weighted by atomic mass is 10.0. The lowest BCUT2D eigenvalue weighted by Gasteiger charge is -2.31. The number of carbonyl (C=O) groups is 2. The smallest absolute Gasteiger partial charge is 0.247 e. The summed E-state index contributed by atoms with van der Waals surface area (Å²) in [5.74, 6) is -0.334. The van der Waals surface area contributed by atoms with Crippen LogP contribution in [0.15, 0.2) is 103 Å². The van der Waals surface area contributed by atoms with Crippen molar-refractivity contribution in [3.63, 3.8) is 0 Å². The molecule has 8 nitrogen and oxygen atoms in total. The van der Waals surface area contributed by atoms with Gasteiger partial charge in [0.25, 0.3) is 0 Å². The van der Waals surface area contributed by atoms with Gasteiger partial charge in [0, 0.05) is 13.1 Å². The van der Waals surface area contributed by atoms with Crippen molar-refractivity contribution in [1.29, 1.82) is 0 Å². The van der Waals surface area contributed by atoms with E-state index in [9.17, 15) is 14.0 Å². The largest absolute Gasteiger partial charge is 0.497 e. The number of rotatable bonds is 10. The van der Waals surface area contributed by atoms with Crippen LogP contribution in [0.1, 0.15) is 22.7 Å². The molecule has 0 aliphatic rings. The van der Waals surface area contributed by atoms with Gasteiger partial charge in [0.1, 0.15) is 29.7 Å². The summed E-state index contributed by atoms with van der Waals surface area (Å²) >= 11 is 0. The Morgan fingerprint density at radius 2 is 1.57 bits per heavy atom. The van der Waals surface area contributed by atoms with Gasteiger partial charge in [0.15, 0.2) is 0 Å². The van der Waals surface area contributed by atoms with Gasteiger partial charge >= 0.3 is 0 Å². The van der Waals surface area contributed by atoms with Crippen molar-refractivity contribution in [3.05, 3.63) is 126 Å². The minimum atomic E-state index is -0.939. The summed E-state index contributed by atoms with van der Waals surface area (Å²) in [4.78, 5) is 29.4. The molecule has 0 aliphatic carbocycles. The third-order valence-corrected chi connectivity index (χ3v) is 6.59. The van der Waals surface area contributed by atoms with Crippen LogP contribution in [0.25, 0.3) is 11.0 Å². The van der Waals surface area contributed by atoms with Gasteiger partial charge in [-0.05, 0) is 53.1 Å². The van der Waals surface area contributed by atoms with Crippen molar-refractivity contribution in [2.45, 2.75) is 25.7 Å². The average molecular weight is 538 g/mol. The maximum atomic E-state index is 14.0. The number of methoxy groups -OCH3 is 1. The molecule has 1 aromatic heterocycles. The second-order valence-corrected chi connectivity index (χ2v) is 9.26.